The summed E-state index contributed by atoms with van der Waals surface area (Å²) in [6, 6.07) is 10.3. The monoisotopic (exact) mass is 338 g/mol. The molecule has 0 spiro atoms. The van der Waals surface area contributed by atoms with Crippen molar-refractivity contribution in [2.24, 2.45) is 0 Å². The fourth-order valence-electron chi connectivity index (χ4n) is 3.03. The normalized spacial score (nSPS) is 13.2. The summed E-state index contributed by atoms with van der Waals surface area (Å²) in [5, 5.41) is 5.34. The van der Waals surface area contributed by atoms with Crippen molar-refractivity contribution in [1.82, 2.24) is 14.9 Å². The Morgan fingerprint density at radius 2 is 1.96 bits per heavy atom. The molecule has 0 saturated carbocycles. The molecule has 0 saturated heterocycles. The topological polar surface area (TPSA) is 58.1 Å². The van der Waals surface area contributed by atoms with Gasteiger partial charge in [0.15, 0.2) is 0 Å². The summed E-state index contributed by atoms with van der Waals surface area (Å²) in [5.74, 6) is 1.08. The zero-order valence-electron chi connectivity index (χ0n) is 13.2. The van der Waals surface area contributed by atoms with Crippen LogP contribution in [0.15, 0.2) is 42.0 Å². The molecule has 3 heterocycles. The Bertz CT molecular complexity index is 851. The SMILES string of the molecule is O=C(CCCNc1ncnc2ccsc12)N1Cc2ccccc2C1. The summed E-state index contributed by atoms with van der Waals surface area (Å²) in [4.78, 5) is 22.8. The first-order valence-corrected chi connectivity index (χ1v) is 8.96. The number of nitrogens with one attached hydrogen (secondary N) is 1. The fraction of sp³-hybridized carbons (Fsp3) is 0.278. The standard InChI is InChI=1S/C18H18N4OS/c23-16(22-10-13-4-1-2-5-14(13)11-22)6-3-8-19-18-17-15(7-9-24-17)20-12-21-18/h1-2,4-5,7,9,12H,3,6,8,10-11H2,(H,19,20,21). The molecule has 1 N–H and O–H groups in total. The zero-order valence-corrected chi connectivity index (χ0v) is 14.1. The molecule has 0 aliphatic carbocycles. The summed E-state index contributed by atoms with van der Waals surface area (Å²) in [7, 11) is 0. The summed E-state index contributed by atoms with van der Waals surface area (Å²) in [5.41, 5.74) is 3.50. The third-order valence-electron chi connectivity index (χ3n) is 4.30. The second kappa shape index (κ2) is 6.57. The lowest BCUT2D eigenvalue weighted by Gasteiger charge is -2.15. The number of carbonyl (C=O) groups excluding carboxylic acids is 1. The summed E-state index contributed by atoms with van der Waals surface area (Å²) in [6.45, 7) is 2.21. The number of hydrogen-bond donors (Lipinski definition) is 1. The van der Waals surface area contributed by atoms with Gasteiger partial charge in [0, 0.05) is 26.1 Å². The number of anilines is 1. The number of benzene rings is 1. The molecule has 122 valence electrons. The van der Waals surface area contributed by atoms with Crippen LogP contribution in [0.3, 0.4) is 0 Å². The molecule has 24 heavy (non-hydrogen) atoms. The van der Waals surface area contributed by atoms with E-state index in [4.69, 9.17) is 0 Å². The van der Waals surface area contributed by atoms with Crippen molar-refractivity contribution in [3.63, 3.8) is 0 Å². The number of rotatable bonds is 5. The largest absolute Gasteiger partial charge is 0.369 e. The van der Waals surface area contributed by atoms with Crippen LogP contribution >= 0.6 is 11.3 Å². The van der Waals surface area contributed by atoms with E-state index in [1.54, 1.807) is 17.7 Å². The number of fused-ring (bicyclic) bond motifs is 2. The van der Waals surface area contributed by atoms with Crippen molar-refractivity contribution in [2.75, 3.05) is 11.9 Å². The van der Waals surface area contributed by atoms with Gasteiger partial charge in [-0.25, -0.2) is 9.97 Å². The fourth-order valence-corrected chi connectivity index (χ4v) is 3.84. The van der Waals surface area contributed by atoms with Crippen LogP contribution in [-0.4, -0.2) is 27.3 Å². The number of thiophene rings is 1. The maximum atomic E-state index is 12.4. The second-order valence-electron chi connectivity index (χ2n) is 5.91. The van der Waals surface area contributed by atoms with Gasteiger partial charge in [-0.15, -0.1) is 11.3 Å². The average Bonchev–Trinajstić information content (AvgIpc) is 3.25. The van der Waals surface area contributed by atoms with Gasteiger partial charge in [-0.2, -0.15) is 0 Å². The first kappa shape index (κ1) is 15.1. The predicted octanol–water partition coefficient (Wildman–Crippen LogP) is 3.43. The molecule has 0 unspecified atom stereocenters. The molecule has 1 aliphatic rings. The Labute approximate surface area is 144 Å². The highest BCUT2D eigenvalue weighted by Crippen LogP contribution is 2.25. The second-order valence-corrected chi connectivity index (χ2v) is 6.82. The first-order chi connectivity index (χ1) is 11.8. The molecule has 3 aromatic rings. The van der Waals surface area contributed by atoms with Gasteiger partial charge >= 0.3 is 0 Å². The average molecular weight is 338 g/mol. The van der Waals surface area contributed by atoms with Gasteiger partial charge in [0.1, 0.15) is 12.1 Å². The molecule has 0 fully saturated rings. The Kier molecular flexibility index (Phi) is 4.13. The van der Waals surface area contributed by atoms with E-state index in [2.05, 4.69) is 27.4 Å². The van der Waals surface area contributed by atoms with Crippen molar-refractivity contribution in [1.29, 1.82) is 0 Å². The van der Waals surface area contributed by atoms with Crippen LogP contribution < -0.4 is 5.32 Å². The Hall–Kier alpha value is -2.47. The number of carbonyl (C=O) groups is 1. The van der Waals surface area contributed by atoms with E-state index < -0.39 is 0 Å². The summed E-state index contributed by atoms with van der Waals surface area (Å²) in [6.07, 6.45) is 2.92. The Balaban J connectivity index is 1.28. The molecular formula is C18H18N4OS. The van der Waals surface area contributed by atoms with Crippen LogP contribution in [0.4, 0.5) is 5.82 Å². The van der Waals surface area contributed by atoms with Crippen LogP contribution in [0, 0.1) is 0 Å². The van der Waals surface area contributed by atoms with E-state index in [-0.39, 0.29) is 5.91 Å². The quantitative estimate of drug-likeness (QED) is 0.724. The minimum Gasteiger partial charge on any atom is -0.369 e. The molecule has 6 heteroatoms. The van der Waals surface area contributed by atoms with E-state index in [1.807, 2.05) is 28.5 Å². The van der Waals surface area contributed by atoms with Crippen molar-refractivity contribution >= 4 is 33.3 Å². The highest BCUT2D eigenvalue weighted by Gasteiger charge is 2.22. The third-order valence-corrected chi connectivity index (χ3v) is 5.21. The molecule has 1 amide bonds. The summed E-state index contributed by atoms with van der Waals surface area (Å²) >= 11 is 1.63. The van der Waals surface area contributed by atoms with E-state index in [0.717, 1.165) is 42.1 Å². The number of nitrogens with zero attached hydrogens (tertiary/aromatic N) is 3. The molecular weight excluding hydrogens is 320 g/mol. The molecule has 4 rings (SSSR count). The van der Waals surface area contributed by atoms with Crippen LogP contribution in [0.2, 0.25) is 0 Å². The highest BCUT2D eigenvalue weighted by atomic mass is 32.1. The number of hydrogen-bond acceptors (Lipinski definition) is 5. The molecule has 1 aliphatic heterocycles. The van der Waals surface area contributed by atoms with Crippen molar-refractivity contribution in [2.45, 2.75) is 25.9 Å². The van der Waals surface area contributed by atoms with Crippen molar-refractivity contribution < 1.29 is 4.79 Å². The lowest BCUT2D eigenvalue weighted by molar-refractivity contribution is -0.131. The molecule has 0 atom stereocenters. The van der Waals surface area contributed by atoms with Gasteiger partial charge in [0.05, 0.1) is 10.2 Å². The van der Waals surface area contributed by atoms with E-state index in [9.17, 15) is 4.79 Å². The predicted molar refractivity (Wildman–Crippen MR) is 95.8 cm³/mol. The molecule has 0 bridgehead atoms. The Morgan fingerprint density at radius 3 is 2.75 bits per heavy atom. The summed E-state index contributed by atoms with van der Waals surface area (Å²) < 4.78 is 1.07. The molecule has 5 nitrogen and oxygen atoms in total. The zero-order chi connectivity index (χ0) is 16.4. The van der Waals surface area contributed by atoms with Gasteiger partial charge in [-0.3, -0.25) is 4.79 Å². The van der Waals surface area contributed by atoms with Crippen molar-refractivity contribution in [3.05, 3.63) is 53.2 Å². The number of amides is 1. The lowest BCUT2D eigenvalue weighted by Crippen LogP contribution is -2.25. The van der Waals surface area contributed by atoms with E-state index >= 15 is 0 Å². The first-order valence-electron chi connectivity index (χ1n) is 8.08. The van der Waals surface area contributed by atoms with E-state index in [0.29, 0.717) is 6.42 Å². The van der Waals surface area contributed by atoms with Gasteiger partial charge in [0.2, 0.25) is 5.91 Å². The highest BCUT2D eigenvalue weighted by molar-refractivity contribution is 7.17. The minimum atomic E-state index is 0.219. The lowest BCUT2D eigenvalue weighted by atomic mass is 10.1. The molecule has 1 aromatic carbocycles. The minimum absolute atomic E-state index is 0.219. The van der Waals surface area contributed by atoms with Crippen LogP contribution in [0.25, 0.3) is 10.2 Å². The molecule has 2 aromatic heterocycles. The van der Waals surface area contributed by atoms with Gasteiger partial charge in [-0.05, 0) is 29.0 Å². The van der Waals surface area contributed by atoms with Crippen molar-refractivity contribution in [3.8, 4) is 0 Å². The van der Waals surface area contributed by atoms with Gasteiger partial charge in [-0.1, -0.05) is 24.3 Å². The van der Waals surface area contributed by atoms with Crippen LogP contribution in [-0.2, 0) is 17.9 Å². The van der Waals surface area contributed by atoms with Crippen LogP contribution in [0.5, 0.6) is 0 Å². The third kappa shape index (κ3) is 2.97. The van der Waals surface area contributed by atoms with Gasteiger partial charge in [0.25, 0.3) is 0 Å². The number of aromatic nitrogens is 2. The Morgan fingerprint density at radius 1 is 1.17 bits per heavy atom. The van der Waals surface area contributed by atoms with Gasteiger partial charge < -0.3 is 10.2 Å². The van der Waals surface area contributed by atoms with Crippen LogP contribution in [0.1, 0.15) is 24.0 Å². The smallest absolute Gasteiger partial charge is 0.223 e. The maximum Gasteiger partial charge on any atom is 0.223 e. The maximum absolute atomic E-state index is 12.4. The molecule has 0 radical (unpaired) electrons. The van der Waals surface area contributed by atoms with E-state index in [1.165, 1.54) is 11.1 Å².